The van der Waals surface area contributed by atoms with Gasteiger partial charge < -0.3 is 9.84 Å². The number of benzene rings is 1. The molecule has 2 rings (SSSR count). The molecule has 0 saturated heterocycles. The smallest absolute Gasteiger partial charge is 0.333 e. The van der Waals surface area contributed by atoms with E-state index in [4.69, 9.17) is 4.74 Å². The standard InChI is InChI=1S/C18H19NO3/c1-3-22-18(21)13(2)11-14-5-4-6-16(12-14)17(20)15-7-9-19-10-8-15/h4-12,17,20H,3H2,1-2H3. The lowest BCUT2D eigenvalue weighted by Gasteiger charge is -2.12. The number of nitrogens with zero attached hydrogens (tertiary/aromatic N) is 1. The van der Waals surface area contributed by atoms with Gasteiger partial charge in [-0.05, 0) is 54.8 Å². The molecule has 0 spiro atoms. The van der Waals surface area contributed by atoms with Gasteiger partial charge >= 0.3 is 5.97 Å². The van der Waals surface area contributed by atoms with Crippen LogP contribution in [0.2, 0.25) is 0 Å². The van der Waals surface area contributed by atoms with E-state index in [2.05, 4.69) is 4.98 Å². The quantitative estimate of drug-likeness (QED) is 0.680. The molecule has 0 saturated carbocycles. The number of esters is 1. The number of carbonyl (C=O) groups excluding carboxylic acids is 1. The van der Waals surface area contributed by atoms with Crippen LogP contribution in [0.1, 0.15) is 36.6 Å². The number of aromatic nitrogens is 1. The predicted octanol–water partition coefficient (Wildman–Crippen LogP) is 3.13. The van der Waals surface area contributed by atoms with Gasteiger partial charge in [0.05, 0.1) is 6.61 Å². The summed E-state index contributed by atoms with van der Waals surface area (Å²) in [5.74, 6) is -0.331. The van der Waals surface area contributed by atoms with Crippen LogP contribution >= 0.6 is 0 Å². The van der Waals surface area contributed by atoms with Gasteiger partial charge in [0.15, 0.2) is 0 Å². The molecule has 1 unspecified atom stereocenters. The second kappa shape index (κ2) is 7.52. The van der Waals surface area contributed by atoms with Gasteiger partial charge in [0, 0.05) is 18.0 Å². The van der Waals surface area contributed by atoms with Crippen LogP contribution in [0.4, 0.5) is 0 Å². The SMILES string of the molecule is CCOC(=O)C(C)=Cc1cccc(C(O)c2ccncc2)c1. The Morgan fingerprint density at radius 1 is 1.27 bits per heavy atom. The highest BCUT2D eigenvalue weighted by atomic mass is 16.5. The van der Waals surface area contributed by atoms with Crippen LogP contribution in [-0.4, -0.2) is 22.7 Å². The number of hydrogen-bond acceptors (Lipinski definition) is 4. The van der Waals surface area contributed by atoms with Gasteiger partial charge in [-0.1, -0.05) is 18.2 Å². The van der Waals surface area contributed by atoms with E-state index in [9.17, 15) is 9.90 Å². The first-order chi connectivity index (χ1) is 10.6. The van der Waals surface area contributed by atoms with E-state index in [1.807, 2.05) is 24.3 Å². The van der Waals surface area contributed by atoms with Gasteiger partial charge in [-0.2, -0.15) is 0 Å². The molecule has 0 bridgehead atoms. The molecule has 0 aliphatic rings. The molecule has 0 fully saturated rings. The summed E-state index contributed by atoms with van der Waals surface area (Å²) in [5.41, 5.74) is 2.91. The fourth-order valence-electron chi connectivity index (χ4n) is 2.11. The van der Waals surface area contributed by atoms with E-state index in [1.54, 1.807) is 44.4 Å². The monoisotopic (exact) mass is 297 g/mol. The van der Waals surface area contributed by atoms with Crippen molar-refractivity contribution in [1.82, 2.24) is 4.98 Å². The highest BCUT2D eigenvalue weighted by Crippen LogP contribution is 2.22. The van der Waals surface area contributed by atoms with Crippen molar-refractivity contribution in [1.29, 1.82) is 0 Å². The Bertz CT molecular complexity index is 665. The lowest BCUT2D eigenvalue weighted by atomic mass is 10.00. The number of carbonyl (C=O) groups is 1. The van der Waals surface area contributed by atoms with E-state index in [1.165, 1.54) is 0 Å². The van der Waals surface area contributed by atoms with E-state index in [0.717, 1.165) is 16.7 Å². The summed E-state index contributed by atoms with van der Waals surface area (Å²) in [6.07, 6.45) is 4.32. The molecule has 0 aliphatic heterocycles. The van der Waals surface area contributed by atoms with Crippen LogP contribution in [0.3, 0.4) is 0 Å². The van der Waals surface area contributed by atoms with Crippen molar-refractivity contribution in [3.05, 3.63) is 71.1 Å². The molecule has 1 heterocycles. The van der Waals surface area contributed by atoms with Crippen LogP contribution in [0.5, 0.6) is 0 Å². The summed E-state index contributed by atoms with van der Waals surface area (Å²) in [4.78, 5) is 15.6. The zero-order valence-corrected chi connectivity index (χ0v) is 12.7. The number of hydrogen-bond donors (Lipinski definition) is 1. The normalized spacial score (nSPS) is 12.8. The number of pyridine rings is 1. The molecule has 1 atom stereocenters. The first-order valence-electron chi connectivity index (χ1n) is 7.15. The molecule has 0 radical (unpaired) electrons. The Morgan fingerprint density at radius 3 is 2.68 bits per heavy atom. The van der Waals surface area contributed by atoms with Crippen molar-refractivity contribution in [2.24, 2.45) is 0 Å². The molecule has 1 aromatic heterocycles. The number of aliphatic hydroxyl groups is 1. The Hall–Kier alpha value is -2.46. The number of aliphatic hydroxyl groups excluding tert-OH is 1. The Labute approximate surface area is 130 Å². The first kappa shape index (κ1) is 15.9. The van der Waals surface area contributed by atoms with E-state index >= 15 is 0 Å². The molecule has 0 aliphatic carbocycles. The van der Waals surface area contributed by atoms with Gasteiger partial charge in [-0.25, -0.2) is 4.79 Å². The molecule has 22 heavy (non-hydrogen) atoms. The zero-order chi connectivity index (χ0) is 15.9. The molecule has 4 nitrogen and oxygen atoms in total. The fourth-order valence-corrected chi connectivity index (χ4v) is 2.11. The van der Waals surface area contributed by atoms with Gasteiger partial charge in [0.25, 0.3) is 0 Å². The Balaban J connectivity index is 2.23. The molecule has 2 aromatic rings. The second-order valence-corrected chi connectivity index (χ2v) is 4.90. The Kier molecular flexibility index (Phi) is 5.44. The van der Waals surface area contributed by atoms with E-state index < -0.39 is 6.10 Å². The summed E-state index contributed by atoms with van der Waals surface area (Å²) in [7, 11) is 0. The van der Waals surface area contributed by atoms with Crippen LogP contribution in [-0.2, 0) is 9.53 Å². The molecular weight excluding hydrogens is 278 g/mol. The molecule has 1 N–H and O–H groups in total. The van der Waals surface area contributed by atoms with Crippen molar-refractivity contribution < 1.29 is 14.6 Å². The third-order valence-electron chi connectivity index (χ3n) is 3.23. The van der Waals surface area contributed by atoms with Crippen molar-refractivity contribution in [3.8, 4) is 0 Å². The summed E-state index contributed by atoms with van der Waals surface area (Å²) in [6, 6.07) is 11.0. The van der Waals surface area contributed by atoms with Crippen molar-refractivity contribution in [3.63, 3.8) is 0 Å². The molecule has 4 heteroatoms. The zero-order valence-electron chi connectivity index (χ0n) is 12.7. The average molecular weight is 297 g/mol. The molecular formula is C18H19NO3. The average Bonchev–Trinajstić information content (AvgIpc) is 2.55. The minimum absolute atomic E-state index is 0.331. The lowest BCUT2D eigenvalue weighted by Crippen LogP contribution is -2.05. The maximum Gasteiger partial charge on any atom is 0.333 e. The van der Waals surface area contributed by atoms with Crippen LogP contribution in [0.25, 0.3) is 6.08 Å². The van der Waals surface area contributed by atoms with Gasteiger partial charge in [-0.15, -0.1) is 0 Å². The summed E-state index contributed by atoms with van der Waals surface area (Å²) >= 11 is 0. The summed E-state index contributed by atoms with van der Waals surface area (Å²) in [6.45, 7) is 3.84. The third-order valence-corrected chi connectivity index (χ3v) is 3.23. The van der Waals surface area contributed by atoms with E-state index in [0.29, 0.717) is 12.2 Å². The van der Waals surface area contributed by atoms with E-state index in [-0.39, 0.29) is 5.97 Å². The topological polar surface area (TPSA) is 59.4 Å². The summed E-state index contributed by atoms with van der Waals surface area (Å²) < 4.78 is 4.96. The minimum Gasteiger partial charge on any atom is -0.463 e. The van der Waals surface area contributed by atoms with Crippen molar-refractivity contribution in [2.45, 2.75) is 20.0 Å². The second-order valence-electron chi connectivity index (χ2n) is 4.90. The Morgan fingerprint density at radius 2 is 2.00 bits per heavy atom. The lowest BCUT2D eigenvalue weighted by molar-refractivity contribution is -0.138. The van der Waals surface area contributed by atoms with Crippen LogP contribution in [0.15, 0.2) is 54.4 Å². The highest BCUT2D eigenvalue weighted by Gasteiger charge is 2.11. The van der Waals surface area contributed by atoms with Gasteiger partial charge in [0.1, 0.15) is 6.10 Å². The summed E-state index contributed by atoms with van der Waals surface area (Å²) in [5, 5.41) is 10.4. The highest BCUT2D eigenvalue weighted by molar-refractivity contribution is 5.93. The predicted molar refractivity (Wildman–Crippen MR) is 85.0 cm³/mol. The number of rotatable bonds is 5. The molecule has 114 valence electrons. The van der Waals surface area contributed by atoms with Gasteiger partial charge in [0.2, 0.25) is 0 Å². The number of ether oxygens (including phenoxy) is 1. The van der Waals surface area contributed by atoms with Gasteiger partial charge in [-0.3, -0.25) is 4.98 Å². The largest absolute Gasteiger partial charge is 0.463 e. The molecule has 0 amide bonds. The molecule has 1 aromatic carbocycles. The minimum atomic E-state index is -0.723. The fraction of sp³-hybridized carbons (Fsp3) is 0.222. The van der Waals surface area contributed by atoms with Crippen LogP contribution < -0.4 is 0 Å². The van der Waals surface area contributed by atoms with Crippen molar-refractivity contribution in [2.75, 3.05) is 6.61 Å². The maximum atomic E-state index is 11.6. The maximum absolute atomic E-state index is 11.6. The third kappa shape index (κ3) is 4.02. The van der Waals surface area contributed by atoms with Crippen molar-refractivity contribution >= 4 is 12.0 Å². The first-order valence-corrected chi connectivity index (χ1v) is 7.15. The van der Waals surface area contributed by atoms with Crippen LogP contribution in [0, 0.1) is 0 Å².